The standard InChI is InChI=1S/C13H15FN2O2/c1-13(2,3)18-8-12(17)16-11-5-4-10(14)6-9(11)7-15/h4-6H,8H2,1-3H3,(H,16,17). The number of amides is 1. The van der Waals surface area contributed by atoms with E-state index in [9.17, 15) is 9.18 Å². The third kappa shape index (κ3) is 4.52. The first-order valence-electron chi connectivity index (χ1n) is 5.45. The molecule has 0 atom stereocenters. The number of nitriles is 1. The van der Waals surface area contributed by atoms with Gasteiger partial charge in [-0.2, -0.15) is 5.26 Å². The number of ether oxygens (including phenoxy) is 1. The summed E-state index contributed by atoms with van der Waals surface area (Å²) in [6.07, 6.45) is 0. The molecule has 0 saturated heterocycles. The zero-order valence-electron chi connectivity index (χ0n) is 10.6. The summed E-state index contributed by atoms with van der Waals surface area (Å²) < 4.78 is 18.2. The first kappa shape index (κ1) is 14.1. The second kappa shape index (κ2) is 5.61. The van der Waals surface area contributed by atoms with Gasteiger partial charge in [0.1, 0.15) is 18.5 Å². The number of anilines is 1. The summed E-state index contributed by atoms with van der Waals surface area (Å²) in [6.45, 7) is 5.38. The van der Waals surface area contributed by atoms with Crippen LogP contribution in [-0.4, -0.2) is 18.1 Å². The Morgan fingerprint density at radius 1 is 1.50 bits per heavy atom. The normalized spacial score (nSPS) is 10.8. The minimum absolute atomic E-state index is 0.0825. The van der Waals surface area contributed by atoms with Crippen molar-refractivity contribution in [1.29, 1.82) is 5.26 Å². The fraction of sp³-hybridized carbons (Fsp3) is 0.385. The first-order chi connectivity index (χ1) is 8.31. The number of hydrogen-bond acceptors (Lipinski definition) is 3. The molecule has 0 spiro atoms. The lowest BCUT2D eigenvalue weighted by Crippen LogP contribution is -2.27. The van der Waals surface area contributed by atoms with Crippen LogP contribution in [0.2, 0.25) is 0 Å². The summed E-state index contributed by atoms with van der Waals surface area (Å²) in [5.41, 5.74) is -0.0569. The van der Waals surface area contributed by atoms with Crippen LogP contribution in [0.15, 0.2) is 18.2 Å². The predicted octanol–water partition coefficient (Wildman–Crippen LogP) is 2.45. The van der Waals surface area contributed by atoms with Gasteiger partial charge in [0.25, 0.3) is 0 Å². The van der Waals surface area contributed by atoms with Crippen LogP contribution in [0.3, 0.4) is 0 Å². The predicted molar refractivity (Wildman–Crippen MR) is 65.4 cm³/mol. The largest absolute Gasteiger partial charge is 0.366 e. The molecule has 0 radical (unpaired) electrons. The van der Waals surface area contributed by atoms with Crippen LogP contribution in [0.1, 0.15) is 26.3 Å². The summed E-state index contributed by atoms with van der Waals surface area (Å²) in [6, 6.07) is 5.42. The van der Waals surface area contributed by atoms with Crippen molar-refractivity contribution < 1.29 is 13.9 Å². The minimum atomic E-state index is -0.518. The van der Waals surface area contributed by atoms with E-state index in [0.29, 0.717) is 0 Å². The van der Waals surface area contributed by atoms with E-state index in [1.807, 2.05) is 26.8 Å². The molecule has 1 N–H and O–H groups in total. The molecular weight excluding hydrogens is 235 g/mol. The highest BCUT2D eigenvalue weighted by Crippen LogP contribution is 2.16. The maximum absolute atomic E-state index is 12.9. The van der Waals surface area contributed by atoms with Crippen LogP contribution in [0.5, 0.6) is 0 Å². The fourth-order valence-corrected chi connectivity index (χ4v) is 1.19. The van der Waals surface area contributed by atoms with Crippen molar-refractivity contribution in [3.63, 3.8) is 0 Å². The molecule has 1 aromatic rings. The average molecular weight is 250 g/mol. The van der Waals surface area contributed by atoms with Gasteiger partial charge in [-0.3, -0.25) is 4.79 Å². The summed E-state index contributed by atoms with van der Waals surface area (Å²) in [7, 11) is 0. The molecule has 0 aliphatic carbocycles. The molecule has 0 aromatic heterocycles. The molecular formula is C13H15FN2O2. The Morgan fingerprint density at radius 2 is 2.17 bits per heavy atom. The number of hydrogen-bond donors (Lipinski definition) is 1. The molecule has 1 amide bonds. The maximum atomic E-state index is 12.9. The van der Waals surface area contributed by atoms with E-state index in [4.69, 9.17) is 10.00 Å². The van der Waals surface area contributed by atoms with E-state index in [0.717, 1.165) is 6.07 Å². The Balaban J connectivity index is 2.68. The highest BCUT2D eigenvalue weighted by atomic mass is 19.1. The van der Waals surface area contributed by atoms with Gasteiger partial charge in [0.05, 0.1) is 16.9 Å². The van der Waals surface area contributed by atoms with E-state index in [1.54, 1.807) is 0 Å². The van der Waals surface area contributed by atoms with Crippen molar-refractivity contribution in [3.8, 4) is 6.07 Å². The molecule has 1 aromatic carbocycles. The maximum Gasteiger partial charge on any atom is 0.250 e. The van der Waals surface area contributed by atoms with Gasteiger partial charge >= 0.3 is 0 Å². The van der Waals surface area contributed by atoms with Gasteiger partial charge in [-0.05, 0) is 39.0 Å². The number of nitrogens with one attached hydrogen (secondary N) is 1. The molecule has 0 aliphatic heterocycles. The topological polar surface area (TPSA) is 62.1 Å². The number of carbonyl (C=O) groups excluding carboxylic acids is 1. The Kier molecular flexibility index (Phi) is 4.40. The molecule has 4 nitrogen and oxygen atoms in total. The van der Waals surface area contributed by atoms with Gasteiger partial charge in [0, 0.05) is 0 Å². The summed E-state index contributed by atoms with van der Waals surface area (Å²) in [5, 5.41) is 11.3. The number of carbonyl (C=O) groups is 1. The average Bonchev–Trinajstić information content (AvgIpc) is 2.28. The Labute approximate surface area is 105 Å². The molecule has 18 heavy (non-hydrogen) atoms. The first-order valence-corrected chi connectivity index (χ1v) is 5.45. The van der Waals surface area contributed by atoms with Gasteiger partial charge in [-0.25, -0.2) is 4.39 Å². The Hall–Kier alpha value is -1.93. The van der Waals surface area contributed by atoms with Crippen molar-refractivity contribution in [2.75, 3.05) is 11.9 Å². The quantitative estimate of drug-likeness (QED) is 0.896. The van der Waals surface area contributed by atoms with Gasteiger partial charge < -0.3 is 10.1 Å². The second-order valence-electron chi connectivity index (χ2n) is 4.75. The molecule has 1 rings (SSSR count). The van der Waals surface area contributed by atoms with Crippen LogP contribution in [0, 0.1) is 17.1 Å². The highest BCUT2D eigenvalue weighted by molar-refractivity contribution is 5.93. The lowest BCUT2D eigenvalue weighted by atomic mass is 10.2. The molecule has 0 aliphatic rings. The third-order valence-electron chi connectivity index (χ3n) is 2.01. The van der Waals surface area contributed by atoms with Gasteiger partial charge in [-0.15, -0.1) is 0 Å². The van der Waals surface area contributed by atoms with Crippen molar-refractivity contribution in [1.82, 2.24) is 0 Å². The molecule has 0 bridgehead atoms. The van der Waals surface area contributed by atoms with Crippen LogP contribution < -0.4 is 5.32 Å². The molecule has 0 unspecified atom stereocenters. The zero-order chi connectivity index (χ0) is 13.8. The smallest absolute Gasteiger partial charge is 0.250 e. The zero-order valence-corrected chi connectivity index (χ0v) is 10.6. The van der Waals surface area contributed by atoms with Crippen LogP contribution >= 0.6 is 0 Å². The number of nitrogens with zero attached hydrogens (tertiary/aromatic N) is 1. The van der Waals surface area contributed by atoms with Crippen LogP contribution in [-0.2, 0) is 9.53 Å². The van der Waals surface area contributed by atoms with E-state index in [-0.39, 0.29) is 23.8 Å². The molecule has 5 heteroatoms. The fourth-order valence-electron chi connectivity index (χ4n) is 1.19. The van der Waals surface area contributed by atoms with Crippen molar-refractivity contribution in [2.45, 2.75) is 26.4 Å². The molecule has 0 fully saturated rings. The van der Waals surface area contributed by atoms with E-state index in [2.05, 4.69) is 5.32 Å². The van der Waals surface area contributed by atoms with Gasteiger partial charge in [0.15, 0.2) is 0 Å². The lowest BCUT2D eigenvalue weighted by molar-refractivity contribution is -0.125. The number of halogens is 1. The van der Waals surface area contributed by atoms with Crippen LogP contribution in [0.4, 0.5) is 10.1 Å². The van der Waals surface area contributed by atoms with E-state index in [1.165, 1.54) is 12.1 Å². The van der Waals surface area contributed by atoms with Crippen molar-refractivity contribution >= 4 is 11.6 Å². The summed E-state index contributed by atoms with van der Waals surface area (Å²) in [5.74, 6) is -0.900. The Morgan fingerprint density at radius 3 is 2.72 bits per heavy atom. The third-order valence-corrected chi connectivity index (χ3v) is 2.01. The van der Waals surface area contributed by atoms with Gasteiger partial charge in [-0.1, -0.05) is 0 Å². The minimum Gasteiger partial charge on any atom is -0.366 e. The van der Waals surface area contributed by atoms with Crippen molar-refractivity contribution in [2.24, 2.45) is 0 Å². The SMILES string of the molecule is CC(C)(C)OCC(=O)Nc1ccc(F)cc1C#N. The highest BCUT2D eigenvalue weighted by Gasteiger charge is 2.14. The number of benzene rings is 1. The molecule has 96 valence electrons. The Bertz CT molecular complexity index is 487. The monoisotopic (exact) mass is 250 g/mol. The second-order valence-corrected chi connectivity index (χ2v) is 4.75. The lowest BCUT2D eigenvalue weighted by Gasteiger charge is -2.19. The van der Waals surface area contributed by atoms with Gasteiger partial charge in [0.2, 0.25) is 5.91 Å². The molecule has 0 saturated carbocycles. The number of rotatable bonds is 3. The molecule has 0 heterocycles. The van der Waals surface area contributed by atoms with Crippen molar-refractivity contribution in [3.05, 3.63) is 29.6 Å². The summed E-state index contributed by atoms with van der Waals surface area (Å²) >= 11 is 0. The van der Waals surface area contributed by atoms with E-state index >= 15 is 0 Å². The van der Waals surface area contributed by atoms with Crippen LogP contribution in [0.25, 0.3) is 0 Å². The van der Waals surface area contributed by atoms with E-state index < -0.39 is 11.4 Å². The summed E-state index contributed by atoms with van der Waals surface area (Å²) in [4.78, 5) is 11.6.